The Morgan fingerprint density at radius 2 is 1.75 bits per heavy atom. The fourth-order valence-electron chi connectivity index (χ4n) is 2.78. The van der Waals surface area contributed by atoms with Crippen molar-refractivity contribution < 1.29 is 9.47 Å². The van der Waals surface area contributed by atoms with Gasteiger partial charge in [-0.25, -0.2) is 0 Å². The van der Waals surface area contributed by atoms with Crippen molar-refractivity contribution >= 4 is 0 Å². The van der Waals surface area contributed by atoms with E-state index >= 15 is 0 Å². The summed E-state index contributed by atoms with van der Waals surface area (Å²) in [6.07, 6.45) is 0. The van der Waals surface area contributed by atoms with Crippen molar-refractivity contribution in [3.05, 3.63) is 65.7 Å². The van der Waals surface area contributed by atoms with E-state index in [1.807, 2.05) is 24.3 Å². The number of morpholine rings is 1. The van der Waals surface area contributed by atoms with E-state index in [9.17, 15) is 0 Å². The molecule has 1 heterocycles. The normalized spacial score (nSPS) is 15.3. The lowest BCUT2D eigenvalue weighted by Gasteiger charge is -2.26. The van der Waals surface area contributed by atoms with E-state index in [0.29, 0.717) is 6.61 Å². The quantitative estimate of drug-likeness (QED) is 0.756. The van der Waals surface area contributed by atoms with Gasteiger partial charge in [-0.2, -0.15) is 0 Å². The molecule has 3 rings (SSSR count). The zero-order valence-corrected chi connectivity index (χ0v) is 14.1. The minimum absolute atomic E-state index is 0.606. The molecule has 1 saturated heterocycles. The summed E-state index contributed by atoms with van der Waals surface area (Å²) < 4.78 is 11.3. The molecule has 2 aromatic rings. The first kappa shape index (κ1) is 17.0. The SMILES string of the molecule is c1ccc(COc2cccc(CNCCN3CCOCC3)c2)cc1. The summed E-state index contributed by atoms with van der Waals surface area (Å²) >= 11 is 0. The van der Waals surface area contributed by atoms with E-state index in [4.69, 9.17) is 9.47 Å². The van der Waals surface area contributed by atoms with Crippen molar-refractivity contribution in [3.63, 3.8) is 0 Å². The third-order valence-corrected chi connectivity index (χ3v) is 4.18. The summed E-state index contributed by atoms with van der Waals surface area (Å²) in [4.78, 5) is 2.44. The van der Waals surface area contributed by atoms with Crippen LogP contribution < -0.4 is 10.1 Å². The highest BCUT2D eigenvalue weighted by Crippen LogP contribution is 2.15. The Hall–Kier alpha value is -1.88. The van der Waals surface area contributed by atoms with Crippen LogP contribution in [0.15, 0.2) is 54.6 Å². The van der Waals surface area contributed by atoms with Crippen molar-refractivity contribution in [3.8, 4) is 5.75 Å². The highest BCUT2D eigenvalue weighted by Gasteiger charge is 2.08. The topological polar surface area (TPSA) is 33.7 Å². The number of ether oxygens (including phenoxy) is 2. The van der Waals surface area contributed by atoms with Crippen LogP contribution in [0.25, 0.3) is 0 Å². The summed E-state index contributed by atoms with van der Waals surface area (Å²) in [7, 11) is 0. The van der Waals surface area contributed by atoms with Crippen LogP contribution in [0.1, 0.15) is 11.1 Å². The Balaban J connectivity index is 1.39. The molecule has 0 atom stereocenters. The molecule has 1 aliphatic rings. The molecule has 1 fully saturated rings. The summed E-state index contributed by atoms with van der Waals surface area (Å²) in [5, 5.41) is 3.51. The van der Waals surface area contributed by atoms with Crippen molar-refractivity contribution in [2.45, 2.75) is 13.2 Å². The standard InChI is InChI=1S/C20H26N2O2/c1-2-5-18(6-3-1)17-24-20-8-4-7-19(15-20)16-21-9-10-22-11-13-23-14-12-22/h1-8,15,21H,9-14,16-17H2. The lowest BCUT2D eigenvalue weighted by Crippen LogP contribution is -2.40. The first-order valence-electron chi connectivity index (χ1n) is 8.67. The number of nitrogens with zero attached hydrogens (tertiary/aromatic N) is 1. The monoisotopic (exact) mass is 326 g/mol. The highest BCUT2D eigenvalue weighted by atomic mass is 16.5. The van der Waals surface area contributed by atoms with Crippen LogP contribution in [0.5, 0.6) is 5.75 Å². The van der Waals surface area contributed by atoms with Crippen LogP contribution in [0.4, 0.5) is 0 Å². The van der Waals surface area contributed by atoms with Crippen LogP contribution in [-0.2, 0) is 17.9 Å². The van der Waals surface area contributed by atoms with E-state index in [-0.39, 0.29) is 0 Å². The number of nitrogens with one attached hydrogen (secondary N) is 1. The molecule has 0 aromatic heterocycles. The van der Waals surface area contributed by atoms with Gasteiger partial charge in [0.1, 0.15) is 12.4 Å². The second-order valence-electron chi connectivity index (χ2n) is 6.05. The Kier molecular flexibility index (Phi) is 6.66. The lowest BCUT2D eigenvalue weighted by molar-refractivity contribution is 0.0384. The highest BCUT2D eigenvalue weighted by molar-refractivity contribution is 5.29. The van der Waals surface area contributed by atoms with Gasteiger partial charge in [-0.05, 0) is 23.3 Å². The molecule has 128 valence electrons. The molecule has 4 nitrogen and oxygen atoms in total. The second-order valence-corrected chi connectivity index (χ2v) is 6.05. The van der Waals surface area contributed by atoms with Crippen molar-refractivity contribution in [2.75, 3.05) is 39.4 Å². The van der Waals surface area contributed by atoms with E-state index in [1.165, 1.54) is 11.1 Å². The number of rotatable bonds is 8. The average Bonchev–Trinajstić information content (AvgIpc) is 2.66. The molecule has 0 bridgehead atoms. The van der Waals surface area contributed by atoms with E-state index in [2.05, 4.69) is 40.5 Å². The third-order valence-electron chi connectivity index (χ3n) is 4.18. The zero-order chi connectivity index (χ0) is 16.5. The molecule has 0 amide bonds. The summed E-state index contributed by atoms with van der Waals surface area (Å²) in [6.45, 7) is 7.36. The van der Waals surface area contributed by atoms with Gasteiger partial charge in [0.2, 0.25) is 0 Å². The molecule has 2 aromatic carbocycles. The number of benzene rings is 2. The van der Waals surface area contributed by atoms with Gasteiger partial charge in [0.15, 0.2) is 0 Å². The van der Waals surface area contributed by atoms with E-state index in [0.717, 1.165) is 51.7 Å². The van der Waals surface area contributed by atoms with Gasteiger partial charge in [0.05, 0.1) is 13.2 Å². The predicted molar refractivity (Wildman–Crippen MR) is 96.2 cm³/mol. The summed E-state index contributed by atoms with van der Waals surface area (Å²) in [5.74, 6) is 0.923. The minimum Gasteiger partial charge on any atom is -0.489 e. The Morgan fingerprint density at radius 1 is 0.958 bits per heavy atom. The van der Waals surface area contributed by atoms with Crippen molar-refractivity contribution in [1.29, 1.82) is 0 Å². The first-order chi connectivity index (χ1) is 11.9. The van der Waals surface area contributed by atoms with Crippen LogP contribution in [0, 0.1) is 0 Å². The summed E-state index contributed by atoms with van der Waals surface area (Å²) in [6, 6.07) is 18.6. The van der Waals surface area contributed by atoms with Crippen LogP contribution >= 0.6 is 0 Å². The van der Waals surface area contributed by atoms with Gasteiger partial charge in [-0.3, -0.25) is 4.90 Å². The fraction of sp³-hybridized carbons (Fsp3) is 0.400. The van der Waals surface area contributed by atoms with Gasteiger partial charge in [0, 0.05) is 32.7 Å². The number of hydrogen-bond acceptors (Lipinski definition) is 4. The molecule has 0 unspecified atom stereocenters. The maximum atomic E-state index is 5.88. The Morgan fingerprint density at radius 3 is 2.58 bits per heavy atom. The van der Waals surface area contributed by atoms with Crippen LogP contribution in [-0.4, -0.2) is 44.3 Å². The average molecular weight is 326 g/mol. The molecule has 1 aliphatic heterocycles. The van der Waals surface area contributed by atoms with Gasteiger partial charge < -0.3 is 14.8 Å². The fourth-order valence-corrected chi connectivity index (χ4v) is 2.78. The van der Waals surface area contributed by atoms with Crippen molar-refractivity contribution in [1.82, 2.24) is 10.2 Å². The smallest absolute Gasteiger partial charge is 0.120 e. The van der Waals surface area contributed by atoms with Crippen LogP contribution in [0.2, 0.25) is 0 Å². The molecule has 0 spiro atoms. The number of hydrogen-bond donors (Lipinski definition) is 1. The van der Waals surface area contributed by atoms with E-state index < -0.39 is 0 Å². The first-order valence-corrected chi connectivity index (χ1v) is 8.67. The van der Waals surface area contributed by atoms with Gasteiger partial charge in [-0.15, -0.1) is 0 Å². The minimum atomic E-state index is 0.606. The molecule has 4 heteroatoms. The van der Waals surface area contributed by atoms with E-state index in [1.54, 1.807) is 0 Å². The molecule has 0 saturated carbocycles. The molecule has 0 aliphatic carbocycles. The Bertz CT molecular complexity index is 598. The van der Waals surface area contributed by atoms with Gasteiger partial charge in [0.25, 0.3) is 0 Å². The second kappa shape index (κ2) is 9.42. The molecule has 1 N–H and O–H groups in total. The maximum Gasteiger partial charge on any atom is 0.120 e. The van der Waals surface area contributed by atoms with Gasteiger partial charge in [-0.1, -0.05) is 42.5 Å². The van der Waals surface area contributed by atoms with Gasteiger partial charge >= 0.3 is 0 Å². The summed E-state index contributed by atoms with van der Waals surface area (Å²) in [5.41, 5.74) is 2.44. The molecular weight excluding hydrogens is 300 g/mol. The Labute approximate surface area is 144 Å². The molecule has 0 radical (unpaired) electrons. The molecular formula is C20H26N2O2. The maximum absolute atomic E-state index is 5.88. The zero-order valence-electron chi connectivity index (χ0n) is 14.1. The van der Waals surface area contributed by atoms with Crippen molar-refractivity contribution in [2.24, 2.45) is 0 Å². The predicted octanol–water partition coefficient (Wildman–Crippen LogP) is 2.69. The molecule has 24 heavy (non-hydrogen) atoms. The van der Waals surface area contributed by atoms with Crippen LogP contribution in [0.3, 0.4) is 0 Å². The largest absolute Gasteiger partial charge is 0.489 e. The third kappa shape index (κ3) is 5.64. The lowest BCUT2D eigenvalue weighted by atomic mass is 10.2.